The summed E-state index contributed by atoms with van der Waals surface area (Å²) in [6.07, 6.45) is 3.82. The summed E-state index contributed by atoms with van der Waals surface area (Å²) in [4.78, 5) is 14.4. The van der Waals surface area contributed by atoms with Crippen LogP contribution in [0.15, 0.2) is 54.6 Å². The number of methoxy groups -OCH3 is 1. The fourth-order valence-electron chi connectivity index (χ4n) is 4.62. The van der Waals surface area contributed by atoms with Gasteiger partial charge in [-0.1, -0.05) is 49.4 Å². The van der Waals surface area contributed by atoms with Crippen LogP contribution in [0.3, 0.4) is 0 Å². The topological polar surface area (TPSA) is 38.8 Å². The molecule has 0 saturated carbocycles. The van der Waals surface area contributed by atoms with E-state index in [9.17, 15) is 4.79 Å². The number of amides is 1. The molecule has 0 N–H and O–H groups in total. The molecule has 0 radical (unpaired) electrons. The number of hydrogen-bond acceptors (Lipinski definition) is 3. The van der Waals surface area contributed by atoms with E-state index in [1.807, 2.05) is 35.2 Å². The van der Waals surface area contributed by atoms with Gasteiger partial charge in [0.2, 0.25) is 5.91 Å². The second-order valence-electron chi connectivity index (χ2n) is 8.76. The van der Waals surface area contributed by atoms with Crippen LogP contribution in [-0.4, -0.2) is 36.7 Å². The number of ether oxygens (including phenoxy) is 2. The van der Waals surface area contributed by atoms with E-state index in [4.69, 9.17) is 9.47 Å². The highest BCUT2D eigenvalue weighted by molar-refractivity contribution is 5.73. The van der Waals surface area contributed by atoms with Gasteiger partial charge in [-0.15, -0.1) is 0 Å². The molecule has 1 saturated heterocycles. The first-order valence-electron chi connectivity index (χ1n) is 11.0. The SMILES string of the molecule is CC[C@@]1(C)C[C@@](CCN(Cc2ccccc2)C(C)=O)(c2ccc(OC)cc2)CCO1. The largest absolute Gasteiger partial charge is 0.497 e. The van der Waals surface area contributed by atoms with Gasteiger partial charge in [0.1, 0.15) is 5.75 Å². The van der Waals surface area contributed by atoms with Crippen molar-refractivity contribution < 1.29 is 14.3 Å². The van der Waals surface area contributed by atoms with Crippen molar-refractivity contribution in [1.82, 2.24) is 4.90 Å². The van der Waals surface area contributed by atoms with Crippen LogP contribution in [0.2, 0.25) is 0 Å². The standard InChI is InChI=1S/C26H35NO3/c1-5-25(3)20-26(16-18-30-25,23-11-13-24(29-4)14-12-23)15-17-27(21(2)28)19-22-9-7-6-8-10-22/h6-14H,5,15-20H2,1-4H3/t25-,26-/m0/s1. The van der Waals surface area contributed by atoms with E-state index >= 15 is 0 Å². The highest BCUT2D eigenvalue weighted by Crippen LogP contribution is 2.45. The molecule has 3 rings (SSSR count). The van der Waals surface area contributed by atoms with Gasteiger partial charge in [0.25, 0.3) is 0 Å². The van der Waals surface area contributed by atoms with Gasteiger partial charge in [-0.3, -0.25) is 4.79 Å². The van der Waals surface area contributed by atoms with Gasteiger partial charge in [-0.2, -0.15) is 0 Å². The molecule has 2 aromatic carbocycles. The molecule has 0 aromatic heterocycles. The Balaban J connectivity index is 1.85. The van der Waals surface area contributed by atoms with Crippen molar-refractivity contribution in [3.8, 4) is 5.75 Å². The van der Waals surface area contributed by atoms with E-state index in [0.717, 1.165) is 50.1 Å². The molecular formula is C26H35NO3. The molecule has 30 heavy (non-hydrogen) atoms. The van der Waals surface area contributed by atoms with E-state index in [0.29, 0.717) is 6.54 Å². The Morgan fingerprint density at radius 1 is 1.13 bits per heavy atom. The minimum absolute atomic E-state index is 0.0142. The van der Waals surface area contributed by atoms with Gasteiger partial charge < -0.3 is 14.4 Å². The van der Waals surface area contributed by atoms with E-state index < -0.39 is 0 Å². The molecular weight excluding hydrogens is 374 g/mol. The van der Waals surface area contributed by atoms with Crippen LogP contribution in [0.5, 0.6) is 5.75 Å². The smallest absolute Gasteiger partial charge is 0.219 e. The maximum absolute atomic E-state index is 12.4. The molecule has 162 valence electrons. The summed E-state index contributed by atoms with van der Waals surface area (Å²) < 4.78 is 11.6. The Labute approximate surface area is 181 Å². The highest BCUT2D eigenvalue weighted by Gasteiger charge is 2.43. The summed E-state index contributed by atoms with van der Waals surface area (Å²) in [6, 6.07) is 18.7. The Morgan fingerprint density at radius 2 is 1.83 bits per heavy atom. The van der Waals surface area contributed by atoms with E-state index in [1.165, 1.54) is 5.56 Å². The maximum Gasteiger partial charge on any atom is 0.219 e. The van der Waals surface area contributed by atoms with Crippen LogP contribution in [0.25, 0.3) is 0 Å². The van der Waals surface area contributed by atoms with Crippen molar-refractivity contribution in [2.45, 2.75) is 64.0 Å². The summed E-state index contributed by atoms with van der Waals surface area (Å²) in [6.45, 7) is 8.21. The number of rotatable bonds is 8. The first kappa shape index (κ1) is 22.4. The Bertz CT molecular complexity index is 820. The van der Waals surface area contributed by atoms with Crippen molar-refractivity contribution in [2.24, 2.45) is 0 Å². The van der Waals surface area contributed by atoms with Crippen LogP contribution in [0.4, 0.5) is 0 Å². The van der Waals surface area contributed by atoms with Crippen molar-refractivity contribution in [1.29, 1.82) is 0 Å². The normalized spacial score (nSPS) is 23.7. The average Bonchev–Trinajstić information content (AvgIpc) is 2.77. The Hall–Kier alpha value is -2.33. The van der Waals surface area contributed by atoms with Crippen LogP contribution in [-0.2, 0) is 21.5 Å². The second-order valence-corrected chi connectivity index (χ2v) is 8.76. The van der Waals surface area contributed by atoms with Crippen molar-refractivity contribution in [3.05, 3.63) is 65.7 Å². The molecule has 2 atom stereocenters. The first-order chi connectivity index (χ1) is 14.4. The molecule has 1 aliphatic heterocycles. The molecule has 0 aliphatic carbocycles. The number of carbonyl (C=O) groups is 1. The van der Waals surface area contributed by atoms with Gasteiger partial charge in [0.15, 0.2) is 0 Å². The fourth-order valence-corrected chi connectivity index (χ4v) is 4.62. The average molecular weight is 410 g/mol. The Kier molecular flexibility index (Phi) is 7.19. The minimum Gasteiger partial charge on any atom is -0.497 e. The third-order valence-corrected chi connectivity index (χ3v) is 6.72. The molecule has 0 unspecified atom stereocenters. The molecule has 4 nitrogen and oxygen atoms in total. The monoisotopic (exact) mass is 409 g/mol. The van der Waals surface area contributed by atoms with Gasteiger partial charge in [-0.25, -0.2) is 0 Å². The van der Waals surface area contributed by atoms with Gasteiger partial charge in [0, 0.05) is 32.0 Å². The zero-order valence-corrected chi connectivity index (χ0v) is 18.8. The summed E-state index contributed by atoms with van der Waals surface area (Å²) in [5.41, 5.74) is 2.32. The molecule has 0 bridgehead atoms. The number of carbonyl (C=O) groups excluding carboxylic acids is 1. The lowest BCUT2D eigenvalue weighted by Crippen LogP contribution is -2.47. The van der Waals surface area contributed by atoms with Crippen LogP contribution in [0.1, 0.15) is 57.6 Å². The number of hydrogen-bond donors (Lipinski definition) is 0. The van der Waals surface area contributed by atoms with E-state index in [2.05, 4.69) is 38.1 Å². The first-order valence-corrected chi connectivity index (χ1v) is 11.0. The van der Waals surface area contributed by atoms with Gasteiger partial charge >= 0.3 is 0 Å². The molecule has 1 amide bonds. The zero-order valence-electron chi connectivity index (χ0n) is 18.8. The van der Waals surface area contributed by atoms with Crippen molar-refractivity contribution in [2.75, 3.05) is 20.3 Å². The van der Waals surface area contributed by atoms with E-state index in [1.54, 1.807) is 14.0 Å². The summed E-state index contributed by atoms with van der Waals surface area (Å²) in [7, 11) is 1.70. The predicted molar refractivity (Wildman–Crippen MR) is 121 cm³/mol. The van der Waals surface area contributed by atoms with Crippen LogP contribution >= 0.6 is 0 Å². The number of benzene rings is 2. The number of nitrogens with zero attached hydrogens (tertiary/aromatic N) is 1. The van der Waals surface area contributed by atoms with Crippen molar-refractivity contribution in [3.63, 3.8) is 0 Å². The second kappa shape index (κ2) is 9.65. The maximum atomic E-state index is 12.4. The molecule has 1 heterocycles. The lowest BCUT2D eigenvalue weighted by molar-refractivity contribution is -0.130. The lowest BCUT2D eigenvalue weighted by atomic mass is 9.66. The summed E-state index contributed by atoms with van der Waals surface area (Å²) >= 11 is 0. The molecule has 4 heteroatoms. The predicted octanol–water partition coefficient (Wildman–Crippen LogP) is 5.35. The Morgan fingerprint density at radius 3 is 2.43 bits per heavy atom. The third-order valence-electron chi connectivity index (χ3n) is 6.72. The van der Waals surface area contributed by atoms with Gasteiger partial charge in [-0.05, 0) is 55.9 Å². The van der Waals surface area contributed by atoms with Crippen molar-refractivity contribution >= 4 is 5.91 Å². The zero-order chi connectivity index (χ0) is 21.6. The quantitative estimate of drug-likeness (QED) is 0.590. The van der Waals surface area contributed by atoms with Crippen LogP contribution in [0, 0.1) is 0 Å². The lowest BCUT2D eigenvalue weighted by Gasteiger charge is -2.47. The molecule has 1 fully saturated rings. The van der Waals surface area contributed by atoms with Crippen LogP contribution < -0.4 is 4.74 Å². The third kappa shape index (κ3) is 5.23. The molecule has 1 aliphatic rings. The van der Waals surface area contributed by atoms with E-state index in [-0.39, 0.29) is 16.9 Å². The highest BCUT2D eigenvalue weighted by atomic mass is 16.5. The summed E-state index contributed by atoms with van der Waals surface area (Å²) in [5.74, 6) is 0.989. The summed E-state index contributed by atoms with van der Waals surface area (Å²) in [5, 5.41) is 0. The van der Waals surface area contributed by atoms with Gasteiger partial charge in [0.05, 0.1) is 12.7 Å². The fraction of sp³-hybridized carbons (Fsp3) is 0.500. The molecule has 2 aromatic rings. The minimum atomic E-state index is -0.140. The molecule has 0 spiro atoms.